The third-order valence-corrected chi connectivity index (χ3v) is 4.43. The number of nitrogens with zero attached hydrogens (tertiary/aromatic N) is 2. The van der Waals surface area contributed by atoms with E-state index in [1.165, 1.54) is 5.01 Å². The average Bonchev–Trinajstić information content (AvgIpc) is 3.14. The molecule has 1 N–H and O–H groups in total. The summed E-state index contributed by atoms with van der Waals surface area (Å²) in [6, 6.07) is 15.8. The van der Waals surface area contributed by atoms with Crippen LogP contribution in [0.25, 0.3) is 0 Å². The lowest BCUT2D eigenvalue weighted by molar-refractivity contribution is -0.132. The summed E-state index contributed by atoms with van der Waals surface area (Å²) in [5.41, 5.74) is 4.84. The zero-order valence-electron chi connectivity index (χ0n) is 15.2. The van der Waals surface area contributed by atoms with E-state index in [4.69, 9.17) is 0 Å². The molecule has 2 aromatic carbocycles. The van der Waals surface area contributed by atoms with E-state index in [0.29, 0.717) is 6.54 Å². The van der Waals surface area contributed by atoms with Crippen LogP contribution in [-0.2, 0) is 9.59 Å². The molecule has 5 nitrogen and oxygen atoms in total. The van der Waals surface area contributed by atoms with E-state index in [1.807, 2.05) is 62.4 Å². The minimum atomic E-state index is -0.154. The van der Waals surface area contributed by atoms with Gasteiger partial charge in [0, 0.05) is 24.9 Å². The molecule has 0 aliphatic carbocycles. The quantitative estimate of drug-likeness (QED) is 0.895. The van der Waals surface area contributed by atoms with Crippen molar-refractivity contribution in [1.29, 1.82) is 0 Å². The molecule has 2 amide bonds. The minimum absolute atomic E-state index is 0.118. The molecule has 1 heterocycles. The van der Waals surface area contributed by atoms with Gasteiger partial charge in [0.2, 0.25) is 11.8 Å². The highest BCUT2D eigenvalue weighted by molar-refractivity contribution is 6.02. The molecule has 1 aliphatic heterocycles. The smallest absolute Gasteiger partial charge is 0.243 e. The van der Waals surface area contributed by atoms with Crippen molar-refractivity contribution in [3.8, 4) is 0 Å². The van der Waals surface area contributed by atoms with Crippen LogP contribution >= 0.6 is 0 Å². The van der Waals surface area contributed by atoms with Crippen LogP contribution < -0.4 is 5.32 Å². The van der Waals surface area contributed by atoms with Gasteiger partial charge in [-0.15, -0.1) is 0 Å². The lowest BCUT2D eigenvalue weighted by atomic mass is 10.1. The molecule has 0 aromatic heterocycles. The summed E-state index contributed by atoms with van der Waals surface area (Å²) in [7, 11) is 0. The minimum Gasteiger partial charge on any atom is -0.326 e. The summed E-state index contributed by atoms with van der Waals surface area (Å²) in [5, 5.41) is 8.78. The maximum Gasteiger partial charge on any atom is 0.243 e. The molecule has 0 saturated carbocycles. The number of hydrazone groups is 1. The Labute approximate surface area is 153 Å². The predicted octanol–water partition coefficient (Wildman–Crippen LogP) is 3.66. The van der Waals surface area contributed by atoms with Gasteiger partial charge in [-0.05, 0) is 36.6 Å². The lowest BCUT2D eigenvalue weighted by Crippen LogP contribution is -2.25. The monoisotopic (exact) mass is 349 g/mol. The molecule has 0 atom stereocenters. The van der Waals surface area contributed by atoms with Crippen LogP contribution in [-0.4, -0.2) is 29.1 Å². The number of hydrogen-bond acceptors (Lipinski definition) is 3. The van der Waals surface area contributed by atoms with Gasteiger partial charge in [0.15, 0.2) is 0 Å². The third kappa shape index (κ3) is 4.36. The maximum atomic E-state index is 12.3. The number of amides is 2. The second-order valence-electron chi connectivity index (χ2n) is 6.55. The number of carbonyl (C=O) groups excluding carboxylic acids is 2. The number of hydrogen-bond donors (Lipinski definition) is 1. The summed E-state index contributed by atoms with van der Waals surface area (Å²) < 4.78 is 0. The van der Waals surface area contributed by atoms with E-state index in [1.54, 1.807) is 0 Å². The number of benzene rings is 2. The number of nitrogens with one attached hydrogen (secondary N) is 1. The van der Waals surface area contributed by atoms with Crippen molar-refractivity contribution in [2.75, 3.05) is 11.9 Å². The van der Waals surface area contributed by atoms with E-state index in [9.17, 15) is 9.59 Å². The van der Waals surface area contributed by atoms with Crippen molar-refractivity contribution in [3.63, 3.8) is 0 Å². The van der Waals surface area contributed by atoms with E-state index in [0.717, 1.165) is 34.5 Å². The molecular formula is C21H23N3O2. The van der Waals surface area contributed by atoms with Crippen LogP contribution in [0.2, 0.25) is 0 Å². The summed E-state index contributed by atoms with van der Waals surface area (Å²) in [6.45, 7) is 4.50. The summed E-state index contributed by atoms with van der Waals surface area (Å²) >= 11 is 0. The van der Waals surface area contributed by atoms with Crippen molar-refractivity contribution in [3.05, 3.63) is 65.2 Å². The zero-order chi connectivity index (χ0) is 18.5. The van der Waals surface area contributed by atoms with Gasteiger partial charge in [0.25, 0.3) is 0 Å². The number of anilines is 1. The molecule has 2 aromatic rings. The van der Waals surface area contributed by atoms with Crippen molar-refractivity contribution in [2.45, 2.75) is 33.1 Å². The summed E-state index contributed by atoms with van der Waals surface area (Å²) in [6.07, 6.45) is 1.05. The van der Waals surface area contributed by atoms with E-state index in [2.05, 4.69) is 10.4 Å². The van der Waals surface area contributed by atoms with Crippen LogP contribution in [0.1, 0.15) is 36.0 Å². The molecule has 0 bridgehead atoms. The second kappa shape index (κ2) is 7.95. The van der Waals surface area contributed by atoms with Gasteiger partial charge in [0.05, 0.1) is 12.3 Å². The van der Waals surface area contributed by atoms with Gasteiger partial charge in [0.1, 0.15) is 0 Å². The molecule has 0 spiro atoms. The highest BCUT2D eigenvalue weighted by Crippen LogP contribution is 2.18. The molecular weight excluding hydrogens is 326 g/mol. The molecule has 26 heavy (non-hydrogen) atoms. The standard InChI is InChI=1S/C21H23N3O2/c1-15-8-9-16(2)19(14-15)22-20(25)10-11-21(26)24-13-12-18(23-24)17-6-4-3-5-7-17/h3-9,14H,10-13H2,1-2H3,(H,22,25). The fourth-order valence-corrected chi connectivity index (χ4v) is 2.90. The largest absolute Gasteiger partial charge is 0.326 e. The first-order valence-electron chi connectivity index (χ1n) is 8.83. The van der Waals surface area contributed by atoms with Crippen LogP contribution in [0, 0.1) is 13.8 Å². The first kappa shape index (κ1) is 17.9. The first-order chi connectivity index (χ1) is 12.5. The fraction of sp³-hybridized carbons (Fsp3) is 0.286. The molecule has 3 rings (SSSR count). The number of carbonyl (C=O) groups is 2. The Morgan fingerprint density at radius 3 is 2.62 bits per heavy atom. The summed E-state index contributed by atoms with van der Waals surface area (Å²) in [5.74, 6) is -0.273. The average molecular weight is 349 g/mol. The van der Waals surface area contributed by atoms with E-state index in [-0.39, 0.29) is 24.7 Å². The topological polar surface area (TPSA) is 61.8 Å². The highest BCUT2D eigenvalue weighted by atomic mass is 16.2. The Kier molecular flexibility index (Phi) is 5.46. The Morgan fingerprint density at radius 1 is 1.08 bits per heavy atom. The predicted molar refractivity (Wildman–Crippen MR) is 103 cm³/mol. The Morgan fingerprint density at radius 2 is 1.85 bits per heavy atom. The Bertz CT molecular complexity index is 844. The lowest BCUT2D eigenvalue weighted by Gasteiger charge is -2.12. The van der Waals surface area contributed by atoms with Gasteiger partial charge in [-0.1, -0.05) is 42.5 Å². The molecule has 0 radical (unpaired) electrons. The molecule has 134 valence electrons. The van der Waals surface area contributed by atoms with Crippen molar-refractivity contribution in [2.24, 2.45) is 5.10 Å². The van der Waals surface area contributed by atoms with Crippen molar-refractivity contribution < 1.29 is 9.59 Å². The van der Waals surface area contributed by atoms with Crippen LogP contribution in [0.3, 0.4) is 0 Å². The van der Waals surface area contributed by atoms with Gasteiger partial charge in [-0.3, -0.25) is 9.59 Å². The molecule has 5 heteroatoms. The molecule has 0 fully saturated rings. The van der Waals surface area contributed by atoms with Crippen molar-refractivity contribution >= 4 is 23.2 Å². The van der Waals surface area contributed by atoms with E-state index < -0.39 is 0 Å². The van der Waals surface area contributed by atoms with Gasteiger partial charge in [-0.25, -0.2) is 5.01 Å². The zero-order valence-corrected chi connectivity index (χ0v) is 15.2. The van der Waals surface area contributed by atoms with Crippen LogP contribution in [0.4, 0.5) is 5.69 Å². The van der Waals surface area contributed by atoms with Gasteiger partial charge in [-0.2, -0.15) is 5.10 Å². The first-order valence-corrected chi connectivity index (χ1v) is 8.83. The highest BCUT2D eigenvalue weighted by Gasteiger charge is 2.22. The number of rotatable bonds is 5. The summed E-state index contributed by atoms with van der Waals surface area (Å²) in [4.78, 5) is 24.5. The van der Waals surface area contributed by atoms with Gasteiger partial charge >= 0.3 is 0 Å². The normalized spacial score (nSPS) is 13.5. The fourth-order valence-electron chi connectivity index (χ4n) is 2.90. The molecule has 0 unspecified atom stereocenters. The van der Waals surface area contributed by atoms with Crippen LogP contribution in [0.15, 0.2) is 53.6 Å². The van der Waals surface area contributed by atoms with Crippen molar-refractivity contribution in [1.82, 2.24) is 5.01 Å². The molecule has 1 aliphatic rings. The maximum absolute atomic E-state index is 12.3. The second-order valence-corrected chi connectivity index (χ2v) is 6.55. The Balaban J connectivity index is 1.53. The van der Waals surface area contributed by atoms with Gasteiger partial charge < -0.3 is 5.32 Å². The number of aryl methyl sites for hydroxylation is 2. The SMILES string of the molecule is Cc1ccc(C)c(NC(=O)CCC(=O)N2CCC(c3ccccc3)=N2)c1. The Hall–Kier alpha value is -2.95. The third-order valence-electron chi connectivity index (χ3n) is 4.43. The molecule has 0 saturated heterocycles. The van der Waals surface area contributed by atoms with Crippen LogP contribution in [0.5, 0.6) is 0 Å². The van der Waals surface area contributed by atoms with E-state index >= 15 is 0 Å².